The Bertz CT molecular complexity index is 681. The number of rotatable bonds is 5. The number of benzene rings is 1. The van der Waals surface area contributed by atoms with E-state index in [0.29, 0.717) is 5.41 Å². The van der Waals surface area contributed by atoms with Gasteiger partial charge in [-0.25, -0.2) is 4.99 Å². The van der Waals surface area contributed by atoms with Crippen molar-refractivity contribution in [3.8, 4) is 0 Å². The number of likely N-dealkylation sites (N-methyl/N-ethyl adjacent to an activating group) is 1. The number of aliphatic imine (C=N–C) groups is 1. The Balaban J connectivity index is 0.00000256. The monoisotopic (exact) mass is 527 g/mol. The van der Waals surface area contributed by atoms with Gasteiger partial charge in [0.1, 0.15) is 0 Å². The average molecular weight is 527 g/mol. The van der Waals surface area contributed by atoms with Crippen LogP contribution >= 0.6 is 24.0 Å². The minimum Gasteiger partial charge on any atom is -0.381 e. The standard InChI is InChI=1S/C23H37N5O.HI/c1-3-24-22(28-10-8-23(18-28)9-15-29-19-23)25-16-20-4-6-21(7-5-20)17-27-13-11-26(2)12-14-27;/h4-7H,3,8-19H2,1-2H3,(H,24,25);1H. The maximum absolute atomic E-state index is 5.68. The predicted molar refractivity (Wildman–Crippen MR) is 134 cm³/mol. The molecule has 1 aromatic rings. The second kappa shape index (κ2) is 11.1. The number of nitrogens with one attached hydrogen (secondary N) is 1. The Kier molecular flexibility index (Phi) is 8.80. The van der Waals surface area contributed by atoms with E-state index in [4.69, 9.17) is 9.73 Å². The van der Waals surface area contributed by atoms with E-state index in [1.807, 2.05) is 0 Å². The summed E-state index contributed by atoms with van der Waals surface area (Å²) in [7, 11) is 2.21. The summed E-state index contributed by atoms with van der Waals surface area (Å²) >= 11 is 0. The highest BCUT2D eigenvalue weighted by molar-refractivity contribution is 14.0. The minimum atomic E-state index is 0. The number of piperazine rings is 1. The second-order valence-electron chi connectivity index (χ2n) is 9.04. The molecule has 0 bridgehead atoms. The Labute approximate surface area is 199 Å². The lowest BCUT2D eigenvalue weighted by molar-refractivity contribution is 0.148. The zero-order chi connectivity index (χ0) is 20.1. The van der Waals surface area contributed by atoms with Gasteiger partial charge in [0, 0.05) is 64.4 Å². The molecule has 1 atom stereocenters. The van der Waals surface area contributed by atoms with Gasteiger partial charge in [0.15, 0.2) is 5.96 Å². The van der Waals surface area contributed by atoms with E-state index in [2.05, 4.69) is 58.3 Å². The highest BCUT2D eigenvalue weighted by Gasteiger charge is 2.42. The zero-order valence-electron chi connectivity index (χ0n) is 18.6. The van der Waals surface area contributed by atoms with Crippen LogP contribution in [0.1, 0.15) is 30.9 Å². The highest BCUT2D eigenvalue weighted by Crippen LogP contribution is 2.38. The summed E-state index contributed by atoms with van der Waals surface area (Å²) < 4.78 is 5.68. The summed E-state index contributed by atoms with van der Waals surface area (Å²) in [5.74, 6) is 1.05. The van der Waals surface area contributed by atoms with E-state index in [1.54, 1.807) is 0 Å². The van der Waals surface area contributed by atoms with Gasteiger partial charge in [-0.1, -0.05) is 24.3 Å². The van der Waals surface area contributed by atoms with E-state index in [1.165, 1.54) is 37.1 Å². The van der Waals surface area contributed by atoms with E-state index in [9.17, 15) is 0 Å². The maximum atomic E-state index is 5.68. The third-order valence-corrected chi connectivity index (χ3v) is 6.69. The van der Waals surface area contributed by atoms with Gasteiger partial charge in [0.2, 0.25) is 0 Å². The highest BCUT2D eigenvalue weighted by atomic mass is 127. The van der Waals surface area contributed by atoms with Gasteiger partial charge in [-0.05, 0) is 37.9 Å². The fourth-order valence-electron chi connectivity index (χ4n) is 4.69. The van der Waals surface area contributed by atoms with E-state index >= 15 is 0 Å². The van der Waals surface area contributed by atoms with Crippen molar-refractivity contribution < 1.29 is 4.74 Å². The van der Waals surface area contributed by atoms with Crippen molar-refractivity contribution in [3.63, 3.8) is 0 Å². The third-order valence-electron chi connectivity index (χ3n) is 6.69. The molecule has 0 saturated carbocycles. The molecule has 30 heavy (non-hydrogen) atoms. The number of guanidine groups is 1. The maximum Gasteiger partial charge on any atom is 0.194 e. The molecule has 3 saturated heterocycles. The van der Waals surface area contributed by atoms with Gasteiger partial charge < -0.3 is 19.9 Å². The van der Waals surface area contributed by atoms with Gasteiger partial charge in [0.05, 0.1) is 13.2 Å². The molecule has 3 aliphatic rings. The van der Waals surface area contributed by atoms with Gasteiger partial charge in [-0.3, -0.25) is 4.90 Å². The molecule has 3 aliphatic heterocycles. The van der Waals surface area contributed by atoms with Crippen LogP contribution in [0.3, 0.4) is 0 Å². The summed E-state index contributed by atoms with van der Waals surface area (Å²) in [6.45, 7) is 13.5. The molecule has 1 spiro atoms. The normalized spacial score (nSPS) is 25.7. The molecule has 1 unspecified atom stereocenters. The zero-order valence-corrected chi connectivity index (χ0v) is 20.9. The summed E-state index contributed by atoms with van der Waals surface area (Å²) in [5.41, 5.74) is 3.04. The van der Waals surface area contributed by atoms with Crippen LogP contribution < -0.4 is 5.32 Å². The van der Waals surface area contributed by atoms with Crippen LogP contribution in [0.4, 0.5) is 0 Å². The molecule has 7 heteroatoms. The van der Waals surface area contributed by atoms with Crippen LogP contribution in [0.2, 0.25) is 0 Å². The van der Waals surface area contributed by atoms with Gasteiger partial charge in [-0.2, -0.15) is 0 Å². The van der Waals surface area contributed by atoms with Crippen molar-refractivity contribution in [2.24, 2.45) is 10.4 Å². The van der Waals surface area contributed by atoms with Crippen molar-refractivity contribution in [1.82, 2.24) is 20.0 Å². The van der Waals surface area contributed by atoms with Gasteiger partial charge in [0.25, 0.3) is 0 Å². The predicted octanol–water partition coefficient (Wildman–Crippen LogP) is 2.63. The minimum absolute atomic E-state index is 0. The molecule has 4 rings (SSSR count). The van der Waals surface area contributed by atoms with Gasteiger partial charge in [-0.15, -0.1) is 24.0 Å². The molecule has 0 aliphatic carbocycles. The number of likely N-dealkylation sites (tertiary alicyclic amines) is 1. The second-order valence-corrected chi connectivity index (χ2v) is 9.04. The van der Waals surface area contributed by atoms with Crippen molar-refractivity contribution in [2.75, 3.05) is 66.1 Å². The molecular formula is C23H38IN5O. The molecule has 3 fully saturated rings. The molecule has 168 valence electrons. The third kappa shape index (κ3) is 6.08. The number of halogens is 1. The summed E-state index contributed by atoms with van der Waals surface area (Å²) in [4.78, 5) is 12.3. The lowest BCUT2D eigenvalue weighted by atomic mass is 9.87. The Morgan fingerprint density at radius 3 is 2.47 bits per heavy atom. The summed E-state index contributed by atoms with van der Waals surface area (Å²) in [6, 6.07) is 9.04. The molecule has 0 radical (unpaired) electrons. The van der Waals surface area contributed by atoms with Crippen molar-refractivity contribution in [3.05, 3.63) is 35.4 Å². The first-order valence-corrected chi connectivity index (χ1v) is 11.3. The van der Waals surface area contributed by atoms with Crippen LogP contribution in [0.5, 0.6) is 0 Å². The molecular weight excluding hydrogens is 489 g/mol. The van der Waals surface area contributed by atoms with Crippen LogP contribution in [0.15, 0.2) is 29.3 Å². The van der Waals surface area contributed by atoms with Crippen molar-refractivity contribution >= 4 is 29.9 Å². The number of hydrogen-bond acceptors (Lipinski definition) is 4. The van der Waals surface area contributed by atoms with Crippen molar-refractivity contribution in [1.29, 1.82) is 0 Å². The van der Waals surface area contributed by atoms with Gasteiger partial charge >= 0.3 is 0 Å². The average Bonchev–Trinajstić information content (AvgIpc) is 3.38. The number of ether oxygens (including phenoxy) is 1. The molecule has 1 aromatic carbocycles. The van der Waals surface area contributed by atoms with Crippen LogP contribution in [-0.2, 0) is 17.8 Å². The van der Waals surface area contributed by atoms with E-state index in [-0.39, 0.29) is 24.0 Å². The summed E-state index contributed by atoms with van der Waals surface area (Å²) in [6.07, 6.45) is 2.41. The first-order chi connectivity index (χ1) is 14.2. The first kappa shape index (κ1) is 23.8. The SMILES string of the molecule is CCNC(=NCc1ccc(CN2CCN(C)CC2)cc1)N1CCC2(CCOC2)C1.I. The van der Waals surface area contributed by atoms with E-state index < -0.39 is 0 Å². The molecule has 1 N–H and O–H groups in total. The smallest absolute Gasteiger partial charge is 0.194 e. The fraction of sp³-hybridized carbons (Fsp3) is 0.696. The first-order valence-electron chi connectivity index (χ1n) is 11.3. The molecule has 6 nitrogen and oxygen atoms in total. The van der Waals surface area contributed by atoms with Crippen molar-refractivity contribution in [2.45, 2.75) is 32.9 Å². The Hall–Kier alpha value is -0.900. The number of hydrogen-bond donors (Lipinski definition) is 1. The summed E-state index contributed by atoms with van der Waals surface area (Å²) in [5, 5.41) is 3.49. The number of nitrogens with zero attached hydrogens (tertiary/aromatic N) is 4. The van der Waals surface area contributed by atoms with Crippen LogP contribution in [0.25, 0.3) is 0 Å². The quantitative estimate of drug-likeness (QED) is 0.363. The van der Waals surface area contributed by atoms with E-state index in [0.717, 1.165) is 65.0 Å². The molecule has 0 amide bonds. The largest absolute Gasteiger partial charge is 0.381 e. The Morgan fingerprint density at radius 1 is 1.07 bits per heavy atom. The van der Waals surface area contributed by atoms with Crippen LogP contribution in [0, 0.1) is 5.41 Å². The fourth-order valence-corrected chi connectivity index (χ4v) is 4.69. The topological polar surface area (TPSA) is 43.3 Å². The Morgan fingerprint density at radius 2 is 1.80 bits per heavy atom. The molecule has 3 heterocycles. The lowest BCUT2D eigenvalue weighted by Crippen LogP contribution is -2.43. The lowest BCUT2D eigenvalue weighted by Gasteiger charge is -2.32. The molecule has 0 aromatic heterocycles. The van der Waals surface area contributed by atoms with Crippen LogP contribution in [-0.4, -0.2) is 86.7 Å².